The zero-order valence-corrected chi connectivity index (χ0v) is 17.1. The predicted octanol–water partition coefficient (Wildman–Crippen LogP) is 1.98. The molecule has 2 saturated heterocycles. The smallest absolute Gasteiger partial charge is 0.243 e. The second kappa shape index (κ2) is 8.29. The minimum atomic E-state index is -3.55. The summed E-state index contributed by atoms with van der Waals surface area (Å²) in [6.45, 7) is 6.17. The highest BCUT2D eigenvalue weighted by molar-refractivity contribution is 7.89. The molecular formula is C20H31N3O3S. The van der Waals surface area contributed by atoms with Crippen LogP contribution in [0.2, 0.25) is 0 Å². The van der Waals surface area contributed by atoms with Gasteiger partial charge in [-0.15, -0.1) is 0 Å². The molecule has 2 heterocycles. The van der Waals surface area contributed by atoms with E-state index in [4.69, 9.17) is 5.73 Å². The molecule has 2 unspecified atom stereocenters. The number of carbonyl (C=O) groups excluding carboxylic acids is 1. The van der Waals surface area contributed by atoms with Gasteiger partial charge in [-0.2, -0.15) is 4.31 Å². The molecule has 0 spiro atoms. The van der Waals surface area contributed by atoms with Crippen LogP contribution in [0.15, 0.2) is 29.2 Å². The van der Waals surface area contributed by atoms with Crippen LogP contribution < -0.4 is 5.73 Å². The fourth-order valence-corrected chi connectivity index (χ4v) is 5.65. The third kappa shape index (κ3) is 4.52. The van der Waals surface area contributed by atoms with Gasteiger partial charge < -0.3 is 10.6 Å². The van der Waals surface area contributed by atoms with Gasteiger partial charge in [0.15, 0.2) is 0 Å². The number of hydrogen-bond acceptors (Lipinski definition) is 4. The Morgan fingerprint density at radius 3 is 2.33 bits per heavy atom. The van der Waals surface area contributed by atoms with Crippen molar-refractivity contribution in [3.8, 4) is 0 Å². The monoisotopic (exact) mass is 393 g/mol. The van der Waals surface area contributed by atoms with Crippen LogP contribution in [0, 0.1) is 18.8 Å². The van der Waals surface area contributed by atoms with Crippen molar-refractivity contribution in [1.29, 1.82) is 0 Å². The Labute approximate surface area is 162 Å². The molecule has 150 valence electrons. The first kappa shape index (κ1) is 20.3. The molecular weight excluding hydrogens is 362 g/mol. The minimum Gasteiger partial charge on any atom is -0.342 e. The van der Waals surface area contributed by atoms with Gasteiger partial charge in [0.25, 0.3) is 0 Å². The lowest BCUT2D eigenvalue weighted by Crippen LogP contribution is -2.49. The van der Waals surface area contributed by atoms with Crippen molar-refractivity contribution in [2.75, 3.05) is 26.2 Å². The van der Waals surface area contributed by atoms with Crippen molar-refractivity contribution in [3.05, 3.63) is 29.8 Å². The predicted molar refractivity (Wildman–Crippen MR) is 106 cm³/mol. The van der Waals surface area contributed by atoms with Crippen molar-refractivity contribution in [2.24, 2.45) is 17.6 Å². The fraction of sp³-hybridized carbons (Fsp3) is 0.650. The molecule has 1 aromatic carbocycles. The molecule has 0 bridgehead atoms. The lowest BCUT2D eigenvalue weighted by atomic mass is 9.89. The summed E-state index contributed by atoms with van der Waals surface area (Å²) in [5.41, 5.74) is 7.01. The molecule has 0 aromatic heterocycles. The maximum Gasteiger partial charge on any atom is 0.243 e. The second-order valence-electron chi connectivity index (χ2n) is 8.04. The van der Waals surface area contributed by atoms with Crippen LogP contribution in [-0.2, 0) is 14.8 Å². The van der Waals surface area contributed by atoms with E-state index in [9.17, 15) is 13.2 Å². The number of carbonyl (C=O) groups is 1. The van der Waals surface area contributed by atoms with Gasteiger partial charge in [0.05, 0.1) is 10.8 Å². The van der Waals surface area contributed by atoms with E-state index < -0.39 is 10.0 Å². The molecule has 2 fully saturated rings. The number of likely N-dealkylation sites (tertiary alicyclic amines) is 1. The van der Waals surface area contributed by atoms with Crippen molar-refractivity contribution in [1.82, 2.24) is 9.21 Å². The topological polar surface area (TPSA) is 83.7 Å². The van der Waals surface area contributed by atoms with E-state index in [1.54, 1.807) is 12.1 Å². The normalized spacial score (nSPS) is 24.0. The van der Waals surface area contributed by atoms with E-state index in [1.165, 1.54) is 4.31 Å². The molecule has 0 saturated carbocycles. The summed E-state index contributed by atoms with van der Waals surface area (Å²) >= 11 is 0. The Morgan fingerprint density at radius 2 is 1.74 bits per heavy atom. The standard InChI is InChI=1S/C20H31N3O3S/c1-15-5-7-19(8-6-15)27(25,26)23-11-3-4-18(14-23)20(24)22-12-9-17(10-13-22)16(2)21/h5-8,16-18H,3-4,9-14,21H2,1-2H3. The van der Waals surface area contributed by atoms with Crippen molar-refractivity contribution in [3.63, 3.8) is 0 Å². The molecule has 0 radical (unpaired) electrons. The van der Waals surface area contributed by atoms with E-state index in [0.29, 0.717) is 17.4 Å². The number of amides is 1. The van der Waals surface area contributed by atoms with Gasteiger partial charge in [0, 0.05) is 32.2 Å². The summed E-state index contributed by atoms with van der Waals surface area (Å²) in [6, 6.07) is 7.07. The molecule has 2 aliphatic rings. The summed E-state index contributed by atoms with van der Waals surface area (Å²) in [4.78, 5) is 15.2. The number of benzene rings is 1. The minimum absolute atomic E-state index is 0.0990. The maximum atomic E-state index is 13.0. The molecule has 7 heteroatoms. The highest BCUT2D eigenvalue weighted by Gasteiger charge is 2.36. The maximum absolute atomic E-state index is 13.0. The first-order valence-electron chi connectivity index (χ1n) is 9.90. The van der Waals surface area contributed by atoms with Gasteiger partial charge in [-0.05, 0) is 57.6 Å². The van der Waals surface area contributed by atoms with Gasteiger partial charge >= 0.3 is 0 Å². The number of piperidine rings is 2. The van der Waals surface area contributed by atoms with Crippen LogP contribution >= 0.6 is 0 Å². The first-order valence-corrected chi connectivity index (χ1v) is 11.3. The third-order valence-corrected chi connectivity index (χ3v) is 7.87. The first-order chi connectivity index (χ1) is 12.8. The quantitative estimate of drug-likeness (QED) is 0.848. The van der Waals surface area contributed by atoms with Crippen LogP contribution in [0.25, 0.3) is 0 Å². The molecule has 1 aromatic rings. The van der Waals surface area contributed by atoms with Crippen LogP contribution in [0.4, 0.5) is 0 Å². The summed E-state index contributed by atoms with van der Waals surface area (Å²) in [6.07, 6.45) is 3.34. The lowest BCUT2D eigenvalue weighted by molar-refractivity contribution is -0.138. The molecule has 3 rings (SSSR count). The Hall–Kier alpha value is -1.44. The third-order valence-electron chi connectivity index (χ3n) is 5.99. The van der Waals surface area contributed by atoms with E-state index in [1.807, 2.05) is 30.9 Å². The van der Waals surface area contributed by atoms with Crippen LogP contribution in [0.3, 0.4) is 0 Å². The van der Waals surface area contributed by atoms with E-state index in [-0.39, 0.29) is 24.4 Å². The molecule has 27 heavy (non-hydrogen) atoms. The van der Waals surface area contributed by atoms with E-state index >= 15 is 0 Å². The fourth-order valence-electron chi connectivity index (χ4n) is 4.13. The lowest BCUT2D eigenvalue weighted by Gasteiger charge is -2.38. The van der Waals surface area contributed by atoms with E-state index in [0.717, 1.165) is 44.3 Å². The van der Waals surface area contributed by atoms with Gasteiger partial charge in [-0.25, -0.2) is 8.42 Å². The zero-order chi connectivity index (χ0) is 19.6. The molecule has 2 N–H and O–H groups in total. The van der Waals surface area contributed by atoms with Gasteiger partial charge in [-0.1, -0.05) is 17.7 Å². The molecule has 6 nitrogen and oxygen atoms in total. The molecule has 1 amide bonds. The van der Waals surface area contributed by atoms with Gasteiger partial charge in [0.1, 0.15) is 0 Å². The largest absolute Gasteiger partial charge is 0.342 e. The highest BCUT2D eigenvalue weighted by atomic mass is 32.2. The summed E-state index contributed by atoms with van der Waals surface area (Å²) in [5, 5.41) is 0. The second-order valence-corrected chi connectivity index (χ2v) is 9.98. The number of nitrogens with two attached hydrogens (primary N) is 1. The average Bonchev–Trinajstić information content (AvgIpc) is 2.68. The number of sulfonamides is 1. The number of rotatable bonds is 4. The van der Waals surface area contributed by atoms with Crippen LogP contribution in [0.5, 0.6) is 0 Å². The zero-order valence-electron chi connectivity index (χ0n) is 16.3. The van der Waals surface area contributed by atoms with Crippen LogP contribution in [-0.4, -0.2) is 55.8 Å². The SMILES string of the molecule is Cc1ccc(S(=O)(=O)N2CCCC(C(=O)N3CCC(C(C)N)CC3)C2)cc1. The van der Waals surface area contributed by atoms with Gasteiger partial charge in [0.2, 0.25) is 15.9 Å². The molecule has 0 aliphatic carbocycles. The summed E-state index contributed by atoms with van der Waals surface area (Å²) in [7, 11) is -3.55. The Bertz CT molecular complexity index is 753. The number of aryl methyl sites for hydroxylation is 1. The number of nitrogens with zero attached hydrogens (tertiary/aromatic N) is 2. The highest BCUT2D eigenvalue weighted by Crippen LogP contribution is 2.27. The molecule has 2 aliphatic heterocycles. The molecule has 2 atom stereocenters. The Balaban J connectivity index is 1.65. The summed E-state index contributed by atoms with van der Waals surface area (Å²) < 4.78 is 27.4. The van der Waals surface area contributed by atoms with Crippen LogP contribution in [0.1, 0.15) is 38.2 Å². The van der Waals surface area contributed by atoms with Crippen molar-refractivity contribution < 1.29 is 13.2 Å². The number of hydrogen-bond donors (Lipinski definition) is 1. The Kier molecular flexibility index (Phi) is 6.23. The average molecular weight is 394 g/mol. The Morgan fingerprint density at radius 1 is 1.11 bits per heavy atom. The van der Waals surface area contributed by atoms with Crippen molar-refractivity contribution in [2.45, 2.75) is 50.5 Å². The summed E-state index contributed by atoms with van der Waals surface area (Å²) in [5.74, 6) is 0.326. The van der Waals surface area contributed by atoms with E-state index in [2.05, 4.69) is 0 Å². The van der Waals surface area contributed by atoms with Crippen molar-refractivity contribution >= 4 is 15.9 Å². The van der Waals surface area contributed by atoms with Gasteiger partial charge in [-0.3, -0.25) is 4.79 Å².